The first-order chi connectivity index (χ1) is 9.34. The lowest BCUT2D eigenvalue weighted by atomic mass is 10.0. The second-order valence-electron chi connectivity index (χ2n) is 6.36. The smallest absolute Gasteiger partial charge is 0.156 e. The predicted molar refractivity (Wildman–Crippen MR) is 76.5 cm³/mol. The zero-order valence-electron chi connectivity index (χ0n) is 11.6. The number of fused-ring (bicyclic) bond motifs is 1. The normalized spacial score (nSPS) is 27.7. The Morgan fingerprint density at radius 1 is 1.16 bits per heavy atom. The fourth-order valence-electron chi connectivity index (χ4n) is 3.89. The van der Waals surface area contributed by atoms with E-state index in [4.69, 9.17) is 0 Å². The molecule has 0 bridgehead atoms. The van der Waals surface area contributed by atoms with Crippen LogP contribution in [-0.2, 0) is 0 Å². The van der Waals surface area contributed by atoms with Gasteiger partial charge in [-0.2, -0.15) is 0 Å². The molecule has 1 aromatic heterocycles. The van der Waals surface area contributed by atoms with Crippen LogP contribution in [0.4, 0.5) is 11.5 Å². The van der Waals surface area contributed by atoms with Crippen molar-refractivity contribution >= 4 is 11.5 Å². The third-order valence-corrected chi connectivity index (χ3v) is 5.03. The van der Waals surface area contributed by atoms with Gasteiger partial charge in [0.15, 0.2) is 5.82 Å². The minimum absolute atomic E-state index is 0.676. The summed E-state index contributed by atoms with van der Waals surface area (Å²) in [7, 11) is 2.18. The summed E-state index contributed by atoms with van der Waals surface area (Å²) in [5.41, 5.74) is 1.21. The maximum absolute atomic E-state index is 4.63. The molecule has 4 heteroatoms. The van der Waals surface area contributed by atoms with E-state index in [2.05, 4.69) is 26.8 Å². The molecule has 2 heterocycles. The lowest BCUT2D eigenvalue weighted by Crippen LogP contribution is -2.53. The zero-order valence-corrected chi connectivity index (χ0v) is 11.6. The highest BCUT2D eigenvalue weighted by Crippen LogP contribution is 2.45. The zero-order chi connectivity index (χ0) is 12.8. The van der Waals surface area contributed by atoms with Crippen LogP contribution in [0.1, 0.15) is 38.5 Å². The van der Waals surface area contributed by atoms with Crippen molar-refractivity contribution in [2.45, 2.75) is 50.6 Å². The van der Waals surface area contributed by atoms with Crippen LogP contribution in [0, 0.1) is 5.92 Å². The van der Waals surface area contributed by atoms with Crippen LogP contribution in [0.5, 0.6) is 0 Å². The molecule has 102 valence electrons. The predicted octanol–water partition coefficient (Wildman–Crippen LogP) is 2.45. The molecular formula is C15H22N4. The molecule has 0 N–H and O–H groups in total. The second-order valence-corrected chi connectivity index (χ2v) is 6.36. The van der Waals surface area contributed by atoms with Crippen LogP contribution in [0.3, 0.4) is 0 Å². The first-order valence-corrected chi connectivity index (χ1v) is 7.64. The summed E-state index contributed by atoms with van der Waals surface area (Å²) in [6.45, 7) is 1.14. The number of rotatable bonds is 2. The third-order valence-electron chi connectivity index (χ3n) is 5.03. The Labute approximate surface area is 114 Å². The Balaban J connectivity index is 1.75. The van der Waals surface area contributed by atoms with Crippen molar-refractivity contribution in [3.8, 4) is 0 Å². The van der Waals surface area contributed by atoms with Gasteiger partial charge in [-0.15, -0.1) is 0 Å². The van der Waals surface area contributed by atoms with Gasteiger partial charge in [0, 0.05) is 19.6 Å². The van der Waals surface area contributed by atoms with Crippen molar-refractivity contribution < 1.29 is 0 Å². The highest BCUT2D eigenvalue weighted by Gasteiger charge is 2.43. The fraction of sp³-hybridized carbons (Fsp3) is 0.733. The van der Waals surface area contributed by atoms with Crippen molar-refractivity contribution in [3.05, 3.63) is 12.5 Å². The molecule has 0 spiro atoms. The van der Waals surface area contributed by atoms with Crippen molar-refractivity contribution in [2.24, 2.45) is 5.92 Å². The third kappa shape index (κ3) is 1.88. The molecule has 1 atom stereocenters. The van der Waals surface area contributed by atoms with Gasteiger partial charge in [0.25, 0.3) is 0 Å². The highest BCUT2D eigenvalue weighted by atomic mass is 15.3. The number of hydrogen-bond acceptors (Lipinski definition) is 4. The fourth-order valence-corrected chi connectivity index (χ4v) is 3.89. The molecule has 2 aliphatic carbocycles. The quantitative estimate of drug-likeness (QED) is 0.815. The minimum atomic E-state index is 0.676. The number of aromatic nitrogens is 2. The summed E-state index contributed by atoms with van der Waals surface area (Å²) in [6.07, 6.45) is 12.0. The largest absolute Gasteiger partial charge is 0.368 e. The SMILES string of the molecule is CN1CC(C2CC2)N(C2CCCC2)c2ncncc21. The Kier molecular flexibility index (Phi) is 2.64. The van der Waals surface area contributed by atoms with E-state index in [1.165, 1.54) is 50.0 Å². The number of likely N-dealkylation sites (N-methyl/N-ethyl adjacent to an activating group) is 1. The molecule has 0 saturated heterocycles. The van der Waals surface area contributed by atoms with E-state index in [0.29, 0.717) is 12.1 Å². The molecule has 1 aliphatic heterocycles. The number of hydrogen-bond donors (Lipinski definition) is 0. The van der Waals surface area contributed by atoms with Crippen LogP contribution in [-0.4, -0.2) is 35.6 Å². The first kappa shape index (κ1) is 11.5. The second kappa shape index (κ2) is 4.36. The lowest BCUT2D eigenvalue weighted by Gasteiger charge is -2.45. The van der Waals surface area contributed by atoms with Gasteiger partial charge in [0.2, 0.25) is 0 Å². The Hall–Kier alpha value is -1.32. The maximum atomic E-state index is 4.63. The molecule has 3 aliphatic rings. The van der Waals surface area contributed by atoms with Crippen molar-refractivity contribution in [1.82, 2.24) is 9.97 Å². The summed E-state index contributed by atoms with van der Waals surface area (Å²) >= 11 is 0. The van der Waals surface area contributed by atoms with Gasteiger partial charge in [-0.3, -0.25) is 0 Å². The van der Waals surface area contributed by atoms with E-state index >= 15 is 0 Å². The Morgan fingerprint density at radius 2 is 1.95 bits per heavy atom. The van der Waals surface area contributed by atoms with Crippen LogP contribution in [0.25, 0.3) is 0 Å². The molecule has 4 nitrogen and oxygen atoms in total. The molecule has 2 fully saturated rings. The summed E-state index contributed by atoms with van der Waals surface area (Å²) in [4.78, 5) is 13.9. The average Bonchev–Trinajstić information content (AvgIpc) is 3.15. The Morgan fingerprint density at radius 3 is 2.68 bits per heavy atom. The van der Waals surface area contributed by atoms with E-state index in [1.807, 2.05) is 6.20 Å². The molecule has 19 heavy (non-hydrogen) atoms. The maximum Gasteiger partial charge on any atom is 0.156 e. The lowest BCUT2D eigenvalue weighted by molar-refractivity contribution is 0.450. The summed E-state index contributed by atoms with van der Waals surface area (Å²) < 4.78 is 0. The van der Waals surface area contributed by atoms with Crippen molar-refractivity contribution in [1.29, 1.82) is 0 Å². The van der Waals surface area contributed by atoms with E-state index in [-0.39, 0.29) is 0 Å². The van der Waals surface area contributed by atoms with Gasteiger partial charge in [-0.25, -0.2) is 9.97 Å². The van der Waals surface area contributed by atoms with Gasteiger partial charge < -0.3 is 9.80 Å². The molecule has 0 aromatic carbocycles. The van der Waals surface area contributed by atoms with Gasteiger partial charge in [0.1, 0.15) is 6.33 Å². The van der Waals surface area contributed by atoms with Crippen molar-refractivity contribution in [2.75, 3.05) is 23.4 Å². The van der Waals surface area contributed by atoms with Gasteiger partial charge in [-0.1, -0.05) is 12.8 Å². The average molecular weight is 258 g/mol. The van der Waals surface area contributed by atoms with Gasteiger partial charge >= 0.3 is 0 Å². The van der Waals surface area contributed by atoms with E-state index in [1.54, 1.807) is 6.33 Å². The van der Waals surface area contributed by atoms with Crippen LogP contribution in [0.15, 0.2) is 12.5 Å². The summed E-state index contributed by atoms with van der Waals surface area (Å²) in [5, 5.41) is 0. The first-order valence-electron chi connectivity index (χ1n) is 7.64. The molecule has 0 amide bonds. The van der Waals surface area contributed by atoms with Gasteiger partial charge in [-0.05, 0) is 31.6 Å². The van der Waals surface area contributed by atoms with Crippen LogP contribution >= 0.6 is 0 Å². The standard InChI is InChI=1S/C15H22N4/c1-18-9-14(11-6-7-11)19(12-4-2-3-5-12)15-13(18)8-16-10-17-15/h8,10-12,14H,2-7,9H2,1H3. The minimum Gasteiger partial charge on any atom is -0.368 e. The summed E-state index contributed by atoms with van der Waals surface area (Å²) in [5.74, 6) is 2.08. The molecule has 0 radical (unpaired) electrons. The van der Waals surface area contributed by atoms with Crippen molar-refractivity contribution in [3.63, 3.8) is 0 Å². The van der Waals surface area contributed by atoms with E-state index in [9.17, 15) is 0 Å². The molecule has 4 rings (SSSR count). The monoisotopic (exact) mass is 258 g/mol. The molecule has 1 unspecified atom stereocenters. The number of anilines is 2. The molecule has 2 saturated carbocycles. The molecular weight excluding hydrogens is 236 g/mol. The van der Waals surface area contributed by atoms with E-state index in [0.717, 1.165) is 12.5 Å². The Bertz CT molecular complexity index is 465. The van der Waals surface area contributed by atoms with Crippen LogP contribution in [0.2, 0.25) is 0 Å². The van der Waals surface area contributed by atoms with E-state index < -0.39 is 0 Å². The summed E-state index contributed by atoms with van der Waals surface area (Å²) in [6, 6.07) is 1.39. The highest BCUT2D eigenvalue weighted by molar-refractivity contribution is 5.69. The topological polar surface area (TPSA) is 32.3 Å². The molecule has 1 aromatic rings. The van der Waals surface area contributed by atoms with Gasteiger partial charge in [0.05, 0.1) is 17.9 Å². The van der Waals surface area contributed by atoms with Crippen LogP contribution < -0.4 is 9.80 Å². The number of nitrogens with zero attached hydrogens (tertiary/aromatic N) is 4.